The fourth-order valence-corrected chi connectivity index (χ4v) is 0. The van der Waals surface area contributed by atoms with Crippen LogP contribution in [0.5, 0.6) is 0 Å². The van der Waals surface area contributed by atoms with Crippen molar-refractivity contribution in [1.29, 1.82) is 0 Å². The molecule has 0 N–H and O–H groups in total. The van der Waals surface area contributed by atoms with Crippen molar-refractivity contribution in [2.45, 2.75) is 13.8 Å². The van der Waals surface area contributed by atoms with Gasteiger partial charge in [0.15, 0.2) is 0 Å². The van der Waals surface area contributed by atoms with E-state index in [1.54, 1.807) is 0 Å². The number of hydrogen-bond acceptors (Lipinski definition) is 0. The summed E-state index contributed by atoms with van der Waals surface area (Å²) >= 11 is 0.0744. The Morgan fingerprint density at radius 2 is 1.80 bits per heavy atom. The molecule has 0 aliphatic heterocycles. The van der Waals surface area contributed by atoms with Crippen LogP contribution in [0.4, 0.5) is 0 Å². The molecule has 0 spiro atoms. The Balaban J connectivity index is 3.14. The minimum absolute atomic E-state index is 0.0744. The fourth-order valence-electron chi connectivity index (χ4n) is 0. The molecule has 0 atom stereocenters. The van der Waals surface area contributed by atoms with Crippen LogP contribution in [0.25, 0.3) is 0 Å². The molecule has 0 aromatic rings. The summed E-state index contributed by atoms with van der Waals surface area (Å²) in [6, 6.07) is 0. The van der Waals surface area contributed by atoms with E-state index in [0.29, 0.717) is 0 Å². The first-order valence-corrected chi connectivity index (χ1v) is 4.42. The molecule has 0 saturated carbocycles. The van der Waals surface area contributed by atoms with E-state index in [-0.39, 0.29) is 15.7 Å². The summed E-state index contributed by atoms with van der Waals surface area (Å²) < 4.78 is 1.36. The van der Waals surface area contributed by atoms with Gasteiger partial charge < -0.3 is 0 Å². The van der Waals surface area contributed by atoms with Crippen LogP contribution in [0.1, 0.15) is 13.8 Å². The molecule has 0 bridgehead atoms. The van der Waals surface area contributed by atoms with Gasteiger partial charge in [0.25, 0.3) is 0 Å². The van der Waals surface area contributed by atoms with Gasteiger partial charge in [-0.3, -0.25) is 0 Å². The van der Waals surface area contributed by atoms with E-state index in [4.69, 9.17) is 9.69 Å². The molecular formula is C3H6ClRu. The fraction of sp³-hybridized carbons (Fsp3) is 0.667. The van der Waals surface area contributed by atoms with Gasteiger partial charge in [-0.25, -0.2) is 0 Å². The molecule has 0 radical (unpaired) electrons. The summed E-state index contributed by atoms with van der Waals surface area (Å²) in [6.07, 6.45) is 0. The Morgan fingerprint density at radius 1 is 1.60 bits per heavy atom. The molecule has 0 rings (SSSR count). The van der Waals surface area contributed by atoms with Crippen molar-refractivity contribution in [1.82, 2.24) is 0 Å². The standard InChI is InChI=1S/C3H6.ClH.Ru/c1-3-2;;/h1-2H3;1H;/q;;+1/p-1. The molecule has 0 aliphatic carbocycles. The Morgan fingerprint density at radius 3 is 1.80 bits per heavy atom. The molecule has 0 unspecified atom stereocenters. The Labute approximate surface area is 43.7 Å². The van der Waals surface area contributed by atoms with Gasteiger partial charge in [0, 0.05) is 0 Å². The predicted molar refractivity (Wildman–Crippen MR) is 22.2 cm³/mol. The van der Waals surface area contributed by atoms with Gasteiger partial charge in [-0.2, -0.15) is 0 Å². The number of rotatable bonds is 0. The zero-order valence-electron chi connectivity index (χ0n) is 3.23. The number of hydrogen-bond donors (Lipinski definition) is 0. The molecular weight excluding hydrogens is 173 g/mol. The molecule has 5 heavy (non-hydrogen) atoms. The molecule has 0 saturated heterocycles. The van der Waals surface area contributed by atoms with Crippen LogP contribution in [-0.2, 0) is 15.7 Å². The van der Waals surface area contributed by atoms with Crippen LogP contribution in [0.2, 0.25) is 0 Å². The third-order valence-electron chi connectivity index (χ3n) is 0.134. The van der Waals surface area contributed by atoms with Gasteiger partial charge in [0.2, 0.25) is 0 Å². The van der Waals surface area contributed by atoms with E-state index in [1.807, 2.05) is 13.8 Å². The van der Waals surface area contributed by atoms with Crippen molar-refractivity contribution in [2.24, 2.45) is 0 Å². The molecule has 2 heteroatoms. The maximum absolute atomic E-state index is 5.39. The van der Waals surface area contributed by atoms with Gasteiger partial charge in [-0.15, -0.1) is 0 Å². The van der Waals surface area contributed by atoms with Crippen LogP contribution in [0.3, 0.4) is 0 Å². The minimum atomic E-state index is 0.0744. The van der Waals surface area contributed by atoms with Crippen LogP contribution in [0.15, 0.2) is 0 Å². The second-order valence-corrected chi connectivity index (χ2v) is 3.78. The Hall–Kier alpha value is 0.783. The maximum atomic E-state index is 5.39. The Kier molecular flexibility index (Phi) is 3.46. The first-order chi connectivity index (χ1) is 2.27. The van der Waals surface area contributed by atoms with Gasteiger partial charge in [-0.1, -0.05) is 0 Å². The van der Waals surface area contributed by atoms with Gasteiger partial charge in [0.1, 0.15) is 0 Å². The van der Waals surface area contributed by atoms with E-state index in [9.17, 15) is 0 Å². The summed E-state index contributed by atoms with van der Waals surface area (Å²) in [5.74, 6) is 0. The molecule has 0 aliphatic rings. The molecule has 0 fully saturated rings. The van der Waals surface area contributed by atoms with Crippen molar-refractivity contribution in [3.05, 3.63) is 0 Å². The monoisotopic (exact) mass is 179 g/mol. The van der Waals surface area contributed by atoms with Crippen LogP contribution >= 0.6 is 9.69 Å². The summed E-state index contributed by atoms with van der Waals surface area (Å²) in [6.45, 7) is 4.09. The first-order valence-electron chi connectivity index (χ1n) is 1.31. The van der Waals surface area contributed by atoms with E-state index in [0.717, 1.165) is 0 Å². The van der Waals surface area contributed by atoms with Crippen LogP contribution in [-0.4, -0.2) is 4.11 Å². The molecule has 0 amide bonds. The molecule has 0 heterocycles. The second-order valence-electron chi connectivity index (χ2n) is 0.920. The van der Waals surface area contributed by atoms with Crippen molar-refractivity contribution >= 4 is 13.8 Å². The molecule has 0 aromatic carbocycles. The van der Waals surface area contributed by atoms with Gasteiger partial charge in [-0.05, 0) is 0 Å². The third kappa shape index (κ3) is 4.78. The average molecular weight is 179 g/mol. The van der Waals surface area contributed by atoms with Crippen molar-refractivity contribution in [2.75, 3.05) is 0 Å². The zero-order chi connectivity index (χ0) is 4.28. The quantitative estimate of drug-likeness (QED) is 0.493. The summed E-state index contributed by atoms with van der Waals surface area (Å²) in [5, 5.41) is 0. The number of halogens is 1. The van der Waals surface area contributed by atoms with E-state index in [1.165, 1.54) is 4.11 Å². The van der Waals surface area contributed by atoms with E-state index >= 15 is 0 Å². The first kappa shape index (κ1) is 5.78. The average Bonchev–Trinajstić information content (AvgIpc) is 1.38. The topological polar surface area (TPSA) is 0 Å². The second kappa shape index (κ2) is 2.99. The van der Waals surface area contributed by atoms with E-state index in [2.05, 4.69) is 0 Å². The van der Waals surface area contributed by atoms with Gasteiger partial charge in [0.05, 0.1) is 0 Å². The van der Waals surface area contributed by atoms with E-state index < -0.39 is 0 Å². The zero-order valence-corrected chi connectivity index (χ0v) is 5.73. The third-order valence-corrected chi connectivity index (χ3v) is 2.37. The normalized spacial score (nSPS) is 7.80. The predicted octanol–water partition coefficient (Wildman–Crippen LogP) is 1.43. The Bertz CT molecular complexity index is 44.9. The summed E-state index contributed by atoms with van der Waals surface area (Å²) in [5.41, 5.74) is 0. The van der Waals surface area contributed by atoms with Crippen molar-refractivity contribution in [3.63, 3.8) is 0 Å². The van der Waals surface area contributed by atoms with Crippen molar-refractivity contribution in [3.8, 4) is 0 Å². The molecule has 0 nitrogen and oxygen atoms in total. The molecule has 33 valence electrons. The van der Waals surface area contributed by atoms with Crippen LogP contribution in [0, 0.1) is 0 Å². The SMILES string of the molecule is C[C](C)=[Ru][Cl]. The summed E-state index contributed by atoms with van der Waals surface area (Å²) in [7, 11) is 5.39. The van der Waals surface area contributed by atoms with Crippen LogP contribution < -0.4 is 0 Å². The molecule has 0 aromatic heterocycles. The van der Waals surface area contributed by atoms with Crippen molar-refractivity contribution < 1.29 is 15.7 Å². The summed E-state index contributed by atoms with van der Waals surface area (Å²) in [4.78, 5) is 0. The van der Waals surface area contributed by atoms with Gasteiger partial charge >= 0.3 is 43.3 Å².